The van der Waals surface area contributed by atoms with Crippen molar-refractivity contribution in [2.45, 2.75) is 19.8 Å². The number of rotatable bonds is 4. The number of nitriles is 1. The fourth-order valence-electron chi connectivity index (χ4n) is 1.22. The van der Waals surface area contributed by atoms with E-state index in [1.54, 1.807) is 18.3 Å². The summed E-state index contributed by atoms with van der Waals surface area (Å²) in [6, 6.07) is 5.53. The quantitative estimate of drug-likeness (QED) is 0.923. The maximum absolute atomic E-state index is 11.7. The van der Waals surface area contributed by atoms with E-state index in [1.165, 1.54) is 0 Å². The van der Waals surface area contributed by atoms with Crippen molar-refractivity contribution in [2.75, 3.05) is 5.32 Å². The van der Waals surface area contributed by atoms with Gasteiger partial charge in [-0.3, -0.25) is 4.79 Å². The number of nitrogens with zero attached hydrogens (tertiary/aromatic N) is 2. The molecule has 0 saturated carbocycles. The lowest BCUT2D eigenvalue weighted by Gasteiger charge is -2.09. The third-order valence-corrected chi connectivity index (χ3v) is 2.69. The van der Waals surface area contributed by atoms with Crippen molar-refractivity contribution in [3.63, 3.8) is 0 Å². The minimum absolute atomic E-state index is 0.302. The number of hydrogen-bond donors (Lipinski definition) is 1. The van der Waals surface area contributed by atoms with Crippen LogP contribution in [0.5, 0.6) is 0 Å². The Hall–Kier alpha value is -1.41. The van der Waals surface area contributed by atoms with Gasteiger partial charge in [0.25, 0.3) is 0 Å². The lowest BCUT2D eigenvalue weighted by Crippen LogP contribution is -2.22. The van der Waals surface area contributed by atoms with Gasteiger partial charge in [-0.25, -0.2) is 4.98 Å². The number of aromatic nitrogens is 1. The van der Waals surface area contributed by atoms with Gasteiger partial charge in [0, 0.05) is 6.20 Å². The molecular weight excluding hydrogens is 270 g/mol. The van der Waals surface area contributed by atoms with Crippen LogP contribution in [-0.2, 0) is 4.79 Å². The first-order valence-electron chi connectivity index (χ1n) is 5.00. The summed E-state index contributed by atoms with van der Waals surface area (Å²) in [5.41, 5.74) is 0. The van der Waals surface area contributed by atoms with Gasteiger partial charge in [-0.15, -0.1) is 0 Å². The van der Waals surface area contributed by atoms with Crippen molar-refractivity contribution >= 4 is 27.7 Å². The van der Waals surface area contributed by atoms with E-state index in [4.69, 9.17) is 5.26 Å². The van der Waals surface area contributed by atoms with Crippen LogP contribution >= 0.6 is 15.9 Å². The summed E-state index contributed by atoms with van der Waals surface area (Å²) < 4.78 is 0.705. The highest BCUT2D eigenvalue weighted by Gasteiger charge is 2.17. The van der Waals surface area contributed by atoms with E-state index in [9.17, 15) is 4.79 Å². The Morgan fingerprint density at radius 2 is 2.50 bits per heavy atom. The smallest absolute Gasteiger partial charge is 0.242 e. The van der Waals surface area contributed by atoms with Crippen molar-refractivity contribution in [2.24, 2.45) is 5.92 Å². The average Bonchev–Trinajstić information content (AvgIpc) is 2.29. The van der Waals surface area contributed by atoms with Gasteiger partial charge < -0.3 is 5.32 Å². The minimum Gasteiger partial charge on any atom is -0.309 e. The molecule has 0 aliphatic rings. The zero-order valence-electron chi connectivity index (χ0n) is 8.90. The summed E-state index contributed by atoms with van der Waals surface area (Å²) in [5.74, 6) is -0.466. The highest BCUT2D eigenvalue weighted by molar-refractivity contribution is 9.10. The van der Waals surface area contributed by atoms with E-state index in [-0.39, 0.29) is 5.91 Å². The number of hydrogen-bond acceptors (Lipinski definition) is 3. The molecule has 1 aromatic heterocycles. The largest absolute Gasteiger partial charge is 0.309 e. The van der Waals surface area contributed by atoms with E-state index in [2.05, 4.69) is 26.2 Å². The summed E-state index contributed by atoms with van der Waals surface area (Å²) in [6.45, 7) is 1.94. The van der Waals surface area contributed by atoms with Crippen LogP contribution in [0.15, 0.2) is 22.8 Å². The molecule has 0 saturated heterocycles. The molecule has 1 atom stereocenters. The standard InChI is InChI=1S/C11H12BrN3O/c1-2-4-8(7-13)11(16)15-10-9(12)5-3-6-14-10/h3,5-6,8H,2,4H2,1H3,(H,14,15,16). The molecule has 1 aromatic rings. The molecule has 16 heavy (non-hydrogen) atoms. The van der Waals surface area contributed by atoms with Crippen LogP contribution in [0.25, 0.3) is 0 Å². The first-order valence-corrected chi connectivity index (χ1v) is 5.79. The van der Waals surface area contributed by atoms with Crippen LogP contribution in [0.1, 0.15) is 19.8 Å². The Morgan fingerprint density at radius 3 is 3.06 bits per heavy atom. The van der Waals surface area contributed by atoms with Crippen molar-refractivity contribution in [3.8, 4) is 6.07 Å². The van der Waals surface area contributed by atoms with Gasteiger partial charge in [-0.05, 0) is 34.5 Å². The number of halogens is 1. The first kappa shape index (κ1) is 12.7. The van der Waals surface area contributed by atoms with Gasteiger partial charge in [0.15, 0.2) is 0 Å². The summed E-state index contributed by atoms with van der Waals surface area (Å²) in [6.07, 6.45) is 2.95. The predicted molar refractivity (Wildman–Crippen MR) is 64.6 cm³/mol. The molecular formula is C11H12BrN3O. The fourth-order valence-corrected chi connectivity index (χ4v) is 1.58. The monoisotopic (exact) mass is 281 g/mol. The second kappa shape index (κ2) is 6.23. The van der Waals surface area contributed by atoms with Crippen molar-refractivity contribution in [3.05, 3.63) is 22.8 Å². The molecule has 0 spiro atoms. The fraction of sp³-hybridized carbons (Fsp3) is 0.364. The average molecular weight is 282 g/mol. The molecule has 0 aromatic carbocycles. The highest BCUT2D eigenvalue weighted by Crippen LogP contribution is 2.19. The molecule has 1 amide bonds. The second-order valence-electron chi connectivity index (χ2n) is 3.29. The zero-order chi connectivity index (χ0) is 12.0. The molecule has 0 radical (unpaired) electrons. The van der Waals surface area contributed by atoms with Gasteiger partial charge in [0.1, 0.15) is 11.7 Å². The third-order valence-electron chi connectivity index (χ3n) is 2.05. The predicted octanol–water partition coefficient (Wildman–Crippen LogP) is 2.72. The van der Waals surface area contributed by atoms with Gasteiger partial charge in [0.2, 0.25) is 5.91 Å². The lowest BCUT2D eigenvalue weighted by molar-refractivity contribution is -0.118. The lowest BCUT2D eigenvalue weighted by atomic mass is 10.1. The second-order valence-corrected chi connectivity index (χ2v) is 4.15. The van der Waals surface area contributed by atoms with Crippen molar-refractivity contribution in [1.29, 1.82) is 5.26 Å². The Morgan fingerprint density at radius 1 is 1.75 bits per heavy atom. The Bertz CT molecular complexity index is 414. The molecule has 0 aliphatic heterocycles. The number of carbonyl (C=O) groups excluding carboxylic acids is 1. The van der Waals surface area contributed by atoms with Crippen LogP contribution in [0.2, 0.25) is 0 Å². The molecule has 0 bridgehead atoms. The summed E-state index contributed by atoms with van der Waals surface area (Å²) in [4.78, 5) is 15.7. The van der Waals surface area contributed by atoms with Gasteiger partial charge in [-0.2, -0.15) is 5.26 Å². The zero-order valence-corrected chi connectivity index (χ0v) is 10.5. The maximum atomic E-state index is 11.7. The summed E-state index contributed by atoms with van der Waals surface area (Å²) in [7, 11) is 0. The van der Waals surface area contributed by atoms with Gasteiger partial charge >= 0.3 is 0 Å². The number of carbonyl (C=O) groups is 1. The van der Waals surface area contributed by atoms with Crippen LogP contribution in [0.4, 0.5) is 5.82 Å². The molecule has 1 rings (SSSR count). The molecule has 0 aliphatic carbocycles. The van der Waals surface area contributed by atoms with Crippen LogP contribution in [0, 0.1) is 17.2 Å². The highest BCUT2D eigenvalue weighted by atomic mass is 79.9. The van der Waals surface area contributed by atoms with Gasteiger partial charge in [0.05, 0.1) is 10.5 Å². The van der Waals surface area contributed by atoms with E-state index in [0.717, 1.165) is 6.42 Å². The van der Waals surface area contributed by atoms with Crippen LogP contribution in [-0.4, -0.2) is 10.9 Å². The number of anilines is 1. The molecule has 5 heteroatoms. The van der Waals surface area contributed by atoms with Crippen LogP contribution in [0.3, 0.4) is 0 Å². The van der Waals surface area contributed by atoms with E-state index < -0.39 is 5.92 Å². The van der Waals surface area contributed by atoms with Crippen molar-refractivity contribution in [1.82, 2.24) is 4.98 Å². The third kappa shape index (κ3) is 3.31. The normalized spacial score (nSPS) is 11.6. The maximum Gasteiger partial charge on any atom is 0.242 e. The number of pyridine rings is 1. The number of nitrogens with one attached hydrogen (secondary N) is 1. The Kier molecular flexibility index (Phi) is 4.93. The SMILES string of the molecule is CCCC(C#N)C(=O)Nc1ncccc1Br. The molecule has 1 unspecified atom stereocenters. The number of amides is 1. The molecule has 0 fully saturated rings. The minimum atomic E-state index is -0.612. The Balaban J connectivity index is 2.71. The van der Waals surface area contributed by atoms with Gasteiger partial charge in [-0.1, -0.05) is 13.3 Å². The van der Waals surface area contributed by atoms with E-state index in [1.807, 2.05) is 13.0 Å². The van der Waals surface area contributed by atoms with Crippen LogP contribution < -0.4 is 5.32 Å². The molecule has 4 nitrogen and oxygen atoms in total. The summed E-state index contributed by atoms with van der Waals surface area (Å²) >= 11 is 3.27. The topological polar surface area (TPSA) is 65.8 Å². The molecule has 1 heterocycles. The first-order chi connectivity index (χ1) is 7.69. The molecule has 1 N–H and O–H groups in total. The van der Waals surface area contributed by atoms with Crippen molar-refractivity contribution < 1.29 is 4.79 Å². The summed E-state index contributed by atoms with van der Waals surface area (Å²) in [5, 5.41) is 11.5. The molecule has 84 valence electrons. The van der Waals surface area contributed by atoms with E-state index in [0.29, 0.717) is 16.7 Å². The Labute approximate surface area is 103 Å². The van der Waals surface area contributed by atoms with E-state index >= 15 is 0 Å².